The fraction of sp³-hybridized carbons (Fsp3) is 0.200. The third-order valence-corrected chi connectivity index (χ3v) is 2.17. The number of ether oxygens (including phenoxy) is 1. The number of carbonyl (C=O) groups is 1. The SMILES string of the molecule is COC1=NCc2ccc(C(=O)O)cc21. The van der Waals surface area contributed by atoms with Crippen LogP contribution in [0.1, 0.15) is 21.5 Å². The first-order chi connectivity index (χ1) is 6.72. The van der Waals surface area contributed by atoms with Crippen molar-refractivity contribution in [2.45, 2.75) is 6.54 Å². The molecule has 1 heterocycles. The number of carboxylic acid groups (broad SMARTS) is 1. The van der Waals surface area contributed by atoms with Crippen molar-refractivity contribution < 1.29 is 14.6 Å². The number of carboxylic acids is 1. The van der Waals surface area contributed by atoms with Crippen molar-refractivity contribution in [2.24, 2.45) is 4.99 Å². The minimum atomic E-state index is -0.935. The summed E-state index contributed by atoms with van der Waals surface area (Å²) in [5.41, 5.74) is 2.05. The van der Waals surface area contributed by atoms with Gasteiger partial charge < -0.3 is 9.84 Å². The molecule has 14 heavy (non-hydrogen) atoms. The molecule has 0 spiro atoms. The first-order valence-corrected chi connectivity index (χ1v) is 4.17. The van der Waals surface area contributed by atoms with E-state index < -0.39 is 5.97 Å². The van der Waals surface area contributed by atoms with Gasteiger partial charge in [0.25, 0.3) is 0 Å². The van der Waals surface area contributed by atoms with E-state index in [1.54, 1.807) is 18.2 Å². The molecule has 0 atom stereocenters. The zero-order valence-electron chi connectivity index (χ0n) is 7.65. The van der Waals surface area contributed by atoms with Crippen molar-refractivity contribution in [1.82, 2.24) is 0 Å². The van der Waals surface area contributed by atoms with Crippen LogP contribution in [-0.2, 0) is 11.3 Å². The van der Waals surface area contributed by atoms with E-state index in [0.29, 0.717) is 12.4 Å². The molecule has 1 aromatic rings. The molecule has 0 aliphatic carbocycles. The van der Waals surface area contributed by atoms with Crippen LogP contribution in [-0.4, -0.2) is 24.1 Å². The quantitative estimate of drug-likeness (QED) is 0.727. The number of aromatic carboxylic acids is 1. The van der Waals surface area contributed by atoms with E-state index >= 15 is 0 Å². The lowest BCUT2D eigenvalue weighted by molar-refractivity contribution is 0.0697. The molecule has 4 nitrogen and oxygen atoms in total. The predicted molar refractivity (Wildman–Crippen MR) is 50.7 cm³/mol. The maximum atomic E-state index is 10.7. The smallest absolute Gasteiger partial charge is 0.335 e. The third-order valence-electron chi connectivity index (χ3n) is 2.17. The van der Waals surface area contributed by atoms with E-state index in [2.05, 4.69) is 4.99 Å². The van der Waals surface area contributed by atoms with Gasteiger partial charge in [-0.3, -0.25) is 0 Å². The van der Waals surface area contributed by atoms with Crippen LogP contribution in [0.25, 0.3) is 0 Å². The number of methoxy groups -OCH3 is 1. The van der Waals surface area contributed by atoms with Gasteiger partial charge in [-0.2, -0.15) is 0 Å². The third kappa shape index (κ3) is 1.25. The highest BCUT2D eigenvalue weighted by Gasteiger charge is 2.17. The zero-order valence-corrected chi connectivity index (χ0v) is 7.65. The van der Waals surface area contributed by atoms with Gasteiger partial charge in [0.05, 0.1) is 19.2 Å². The van der Waals surface area contributed by atoms with E-state index in [1.807, 2.05) is 0 Å². The lowest BCUT2D eigenvalue weighted by Gasteiger charge is -2.02. The van der Waals surface area contributed by atoms with E-state index in [-0.39, 0.29) is 5.56 Å². The number of nitrogens with zero attached hydrogens (tertiary/aromatic N) is 1. The van der Waals surface area contributed by atoms with E-state index in [9.17, 15) is 4.79 Å². The molecule has 0 fully saturated rings. The van der Waals surface area contributed by atoms with Crippen LogP contribution in [0.4, 0.5) is 0 Å². The summed E-state index contributed by atoms with van der Waals surface area (Å²) in [7, 11) is 1.53. The monoisotopic (exact) mass is 191 g/mol. The summed E-state index contributed by atoms with van der Waals surface area (Å²) in [6.45, 7) is 0.568. The molecule has 2 rings (SSSR count). The van der Waals surface area contributed by atoms with Crippen molar-refractivity contribution in [3.05, 3.63) is 34.9 Å². The van der Waals surface area contributed by atoms with Crippen molar-refractivity contribution in [1.29, 1.82) is 0 Å². The average Bonchev–Trinajstić information content (AvgIpc) is 2.59. The molecule has 0 saturated carbocycles. The van der Waals surface area contributed by atoms with Gasteiger partial charge in [0.1, 0.15) is 0 Å². The number of fused-ring (bicyclic) bond motifs is 1. The molecule has 1 aromatic carbocycles. The Morgan fingerprint density at radius 3 is 3.00 bits per heavy atom. The normalized spacial score (nSPS) is 13.4. The van der Waals surface area contributed by atoms with E-state index in [1.165, 1.54) is 7.11 Å². The topological polar surface area (TPSA) is 58.9 Å². The van der Waals surface area contributed by atoms with Gasteiger partial charge in [0.2, 0.25) is 5.90 Å². The highest BCUT2D eigenvalue weighted by atomic mass is 16.5. The highest BCUT2D eigenvalue weighted by molar-refractivity contribution is 6.00. The number of hydrogen-bond donors (Lipinski definition) is 1. The Balaban J connectivity index is 2.48. The number of hydrogen-bond acceptors (Lipinski definition) is 3. The molecule has 0 unspecified atom stereocenters. The summed E-state index contributed by atoms with van der Waals surface area (Å²) >= 11 is 0. The first kappa shape index (κ1) is 8.74. The van der Waals surface area contributed by atoms with Crippen LogP contribution in [0, 0.1) is 0 Å². The summed E-state index contributed by atoms with van der Waals surface area (Å²) in [6, 6.07) is 4.94. The van der Waals surface area contributed by atoms with Gasteiger partial charge in [-0.1, -0.05) is 6.07 Å². The Morgan fingerprint density at radius 2 is 2.36 bits per heavy atom. The predicted octanol–water partition coefficient (Wildman–Crippen LogP) is 1.29. The largest absolute Gasteiger partial charge is 0.481 e. The van der Waals surface area contributed by atoms with E-state index in [0.717, 1.165) is 11.1 Å². The molecule has 72 valence electrons. The minimum absolute atomic E-state index is 0.260. The fourth-order valence-electron chi connectivity index (χ4n) is 1.46. The van der Waals surface area contributed by atoms with Crippen LogP contribution in [0.2, 0.25) is 0 Å². The van der Waals surface area contributed by atoms with Gasteiger partial charge >= 0.3 is 5.97 Å². The van der Waals surface area contributed by atoms with Crippen LogP contribution in [0.5, 0.6) is 0 Å². The van der Waals surface area contributed by atoms with Gasteiger partial charge in [0, 0.05) is 5.56 Å². The molecule has 1 aliphatic heterocycles. The van der Waals surface area contributed by atoms with Crippen molar-refractivity contribution in [3.8, 4) is 0 Å². The maximum absolute atomic E-state index is 10.7. The van der Waals surface area contributed by atoms with Gasteiger partial charge in [0.15, 0.2) is 0 Å². The van der Waals surface area contributed by atoms with E-state index in [4.69, 9.17) is 9.84 Å². The average molecular weight is 191 g/mol. The maximum Gasteiger partial charge on any atom is 0.335 e. The van der Waals surface area contributed by atoms with Gasteiger partial charge in [-0.15, -0.1) is 0 Å². The summed E-state index contributed by atoms with van der Waals surface area (Å²) in [5.74, 6) is -0.418. The molecule has 1 N–H and O–H groups in total. The van der Waals surface area contributed by atoms with Crippen LogP contribution < -0.4 is 0 Å². The molecule has 1 aliphatic rings. The Morgan fingerprint density at radius 1 is 1.57 bits per heavy atom. The number of benzene rings is 1. The molecule has 0 radical (unpaired) electrons. The fourth-order valence-corrected chi connectivity index (χ4v) is 1.46. The summed E-state index contributed by atoms with van der Waals surface area (Å²) in [4.78, 5) is 14.8. The second-order valence-corrected chi connectivity index (χ2v) is 3.00. The number of aliphatic imine (C=N–C) groups is 1. The van der Waals surface area contributed by atoms with Crippen molar-refractivity contribution in [2.75, 3.05) is 7.11 Å². The Hall–Kier alpha value is -1.84. The molecular formula is C10H9NO3. The minimum Gasteiger partial charge on any atom is -0.481 e. The van der Waals surface area contributed by atoms with Crippen LogP contribution >= 0.6 is 0 Å². The molecular weight excluding hydrogens is 182 g/mol. The van der Waals surface area contributed by atoms with Crippen molar-refractivity contribution in [3.63, 3.8) is 0 Å². The lowest BCUT2D eigenvalue weighted by atomic mass is 10.1. The summed E-state index contributed by atoms with van der Waals surface area (Å²) < 4.78 is 5.03. The highest BCUT2D eigenvalue weighted by Crippen LogP contribution is 2.20. The second kappa shape index (κ2) is 3.14. The Kier molecular flexibility index (Phi) is 1.96. The molecule has 0 aromatic heterocycles. The van der Waals surface area contributed by atoms with Crippen molar-refractivity contribution >= 4 is 11.9 Å². The number of rotatable bonds is 1. The standard InChI is InChI=1S/C10H9NO3/c1-14-9-8-4-6(10(12)13)2-3-7(8)5-11-9/h2-4H,5H2,1H3,(H,12,13). The summed E-state index contributed by atoms with van der Waals surface area (Å²) in [6.07, 6.45) is 0. The second-order valence-electron chi connectivity index (χ2n) is 3.00. The first-order valence-electron chi connectivity index (χ1n) is 4.17. The molecule has 4 heteroatoms. The zero-order chi connectivity index (χ0) is 10.1. The van der Waals surface area contributed by atoms with Gasteiger partial charge in [-0.25, -0.2) is 9.79 Å². The Labute approximate surface area is 80.8 Å². The molecule has 0 bridgehead atoms. The van der Waals surface area contributed by atoms with Crippen LogP contribution in [0.15, 0.2) is 23.2 Å². The Bertz CT molecular complexity index is 423. The molecule has 0 saturated heterocycles. The molecule has 0 amide bonds. The lowest BCUT2D eigenvalue weighted by Crippen LogP contribution is -2.04. The van der Waals surface area contributed by atoms with Gasteiger partial charge in [-0.05, 0) is 17.7 Å². The summed E-state index contributed by atoms with van der Waals surface area (Å²) in [5, 5.41) is 8.79. The van der Waals surface area contributed by atoms with Crippen LogP contribution in [0.3, 0.4) is 0 Å².